The van der Waals surface area contributed by atoms with Crippen LogP contribution in [0.5, 0.6) is 0 Å². The molecule has 0 unspecified atom stereocenters. The molecular formula is C29H34N4O2. The van der Waals surface area contributed by atoms with E-state index in [1.54, 1.807) is 6.07 Å². The molecule has 0 atom stereocenters. The van der Waals surface area contributed by atoms with Gasteiger partial charge < -0.3 is 20.9 Å². The number of carbonyl (C=O) groups excluding carboxylic acids is 2. The molecule has 3 N–H and O–H groups in total. The van der Waals surface area contributed by atoms with Crippen molar-refractivity contribution in [2.45, 2.75) is 39.5 Å². The SMILES string of the molecule is Cc1cccc(C)c1NC(=O)Nc1ccc(N2CCCCC2)c(C(=O)NCCc2ccccc2)c1. The number of rotatable bonds is 7. The number of nitrogens with one attached hydrogen (secondary N) is 3. The molecule has 0 bridgehead atoms. The average Bonchev–Trinajstić information content (AvgIpc) is 2.87. The molecule has 6 nitrogen and oxygen atoms in total. The highest BCUT2D eigenvalue weighted by Gasteiger charge is 2.20. The minimum absolute atomic E-state index is 0.125. The highest BCUT2D eigenvalue weighted by atomic mass is 16.2. The first kappa shape index (κ1) is 24.3. The molecular weight excluding hydrogens is 436 g/mol. The molecule has 4 rings (SSSR count). The van der Waals surface area contributed by atoms with Gasteiger partial charge >= 0.3 is 6.03 Å². The van der Waals surface area contributed by atoms with Gasteiger partial charge in [-0.25, -0.2) is 4.79 Å². The van der Waals surface area contributed by atoms with Crippen molar-refractivity contribution in [3.63, 3.8) is 0 Å². The largest absolute Gasteiger partial charge is 0.371 e. The molecule has 3 aromatic rings. The van der Waals surface area contributed by atoms with Crippen LogP contribution in [0.4, 0.5) is 21.9 Å². The second-order valence-corrected chi connectivity index (χ2v) is 9.12. The molecule has 182 valence electrons. The molecule has 1 aliphatic heterocycles. The molecule has 3 aromatic carbocycles. The van der Waals surface area contributed by atoms with Crippen LogP contribution < -0.4 is 20.9 Å². The van der Waals surface area contributed by atoms with E-state index in [2.05, 4.69) is 33.0 Å². The Labute approximate surface area is 207 Å². The van der Waals surface area contributed by atoms with Crippen molar-refractivity contribution in [2.75, 3.05) is 35.2 Å². The number of amides is 3. The molecule has 1 heterocycles. The summed E-state index contributed by atoms with van der Waals surface area (Å²) in [5, 5.41) is 8.92. The molecule has 1 fully saturated rings. The van der Waals surface area contributed by atoms with Crippen molar-refractivity contribution < 1.29 is 9.59 Å². The minimum atomic E-state index is -0.330. The van der Waals surface area contributed by atoms with E-state index in [9.17, 15) is 9.59 Å². The number of benzene rings is 3. The summed E-state index contributed by atoms with van der Waals surface area (Å²) in [6.07, 6.45) is 4.22. The number of carbonyl (C=O) groups is 2. The Kier molecular flexibility index (Phi) is 8.03. The van der Waals surface area contributed by atoms with Gasteiger partial charge in [0.05, 0.1) is 5.56 Å². The molecule has 1 aliphatic rings. The van der Waals surface area contributed by atoms with Crippen LogP contribution in [0.2, 0.25) is 0 Å². The summed E-state index contributed by atoms with van der Waals surface area (Å²) in [6, 6.07) is 21.3. The maximum absolute atomic E-state index is 13.3. The molecule has 0 radical (unpaired) electrons. The Morgan fingerprint density at radius 3 is 2.26 bits per heavy atom. The van der Waals surface area contributed by atoms with Crippen molar-refractivity contribution in [1.29, 1.82) is 0 Å². The van der Waals surface area contributed by atoms with Crippen molar-refractivity contribution >= 4 is 29.0 Å². The van der Waals surface area contributed by atoms with Gasteiger partial charge in [0.2, 0.25) is 0 Å². The summed E-state index contributed by atoms with van der Waals surface area (Å²) in [5.74, 6) is -0.125. The summed E-state index contributed by atoms with van der Waals surface area (Å²) in [7, 11) is 0. The quantitative estimate of drug-likeness (QED) is 0.402. The summed E-state index contributed by atoms with van der Waals surface area (Å²) in [5.41, 5.74) is 6.07. The normalized spacial score (nSPS) is 13.3. The van der Waals surface area contributed by atoms with Crippen LogP contribution in [0, 0.1) is 13.8 Å². The zero-order chi connectivity index (χ0) is 24.6. The van der Waals surface area contributed by atoms with Crippen LogP contribution >= 0.6 is 0 Å². The summed E-state index contributed by atoms with van der Waals surface area (Å²) in [6.45, 7) is 6.35. The monoisotopic (exact) mass is 470 g/mol. The number of hydrogen-bond donors (Lipinski definition) is 3. The third-order valence-electron chi connectivity index (χ3n) is 6.46. The fraction of sp³-hybridized carbons (Fsp3) is 0.310. The van der Waals surface area contributed by atoms with Crippen LogP contribution in [0.1, 0.15) is 46.3 Å². The number of para-hydroxylation sites is 1. The molecule has 0 aromatic heterocycles. The molecule has 3 amide bonds. The van der Waals surface area contributed by atoms with Crippen molar-refractivity contribution in [2.24, 2.45) is 0 Å². The Balaban J connectivity index is 1.49. The van der Waals surface area contributed by atoms with Crippen LogP contribution in [0.25, 0.3) is 0 Å². The molecule has 0 saturated carbocycles. The van der Waals surface area contributed by atoms with Crippen molar-refractivity contribution in [1.82, 2.24) is 5.32 Å². The summed E-state index contributed by atoms with van der Waals surface area (Å²) < 4.78 is 0. The first-order chi connectivity index (χ1) is 17.0. The Hall–Kier alpha value is -3.80. The van der Waals surface area contributed by atoms with Gasteiger partial charge in [0.1, 0.15) is 0 Å². The summed E-state index contributed by atoms with van der Waals surface area (Å²) >= 11 is 0. The Bertz CT molecular complexity index is 1150. The molecule has 6 heteroatoms. The lowest BCUT2D eigenvalue weighted by Gasteiger charge is -2.30. The van der Waals surface area contributed by atoms with E-state index in [1.165, 1.54) is 12.0 Å². The number of aryl methyl sites for hydroxylation is 2. The topological polar surface area (TPSA) is 73.5 Å². The minimum Gasteiger partial charge on any atom is -0.371 e. The van der Waals surface area contributed by atoms with E-state index in [0.717, 1.165) is 54.9 Å². The molecule has 0 aliphatic carbocycles. The maximum Gasteiger partial charge on any atom is 0.323 e. The van der Waals surface area contributed by atoms with Gasteiger partial charge in [-0.1, -0.05) is 48.5 Å². The smallest absolute Gasteiger partial charge is 0.323 e. The zero-order valence-corrected chi connectivity index (χ0v) is 20.6. The summed E-state index contributed by atoms with van der Waals surface area (Å²) in [4.78, 5) is 28.3. The molecule has 35 heavy (non-hydrogen) atoms. The third-order valence-corrected chi connectivity index (χ3v) is 6.46. The van der Waals surface area contributed by atoms with Crippen molar-refractivity contribution in [3.05, 3.63) is 89.0 Å². The first-order valence-electron chi connectivity index (χ1n) is 12.4. The third kappa shape index (κ3) is 6.41. The lowest BCUT2D eigenvalue weighted by molar-refractivity contribution is 0.0954. The van der Waals surface area contributed by atoms with Gasteiger partial charge in [-0.05, 0) is 74.4 Å². The molecule has 1 saturated heterocycles. The molecule has 0 spiro atoms. The zero-order valence-electron chi connectivity index (χ0n) is 20.6. The van der Waals surface area contributed by atoms with Gasteiger partial charge in [0.25, 0.3) is 5.91 Å². The van der Waals surface area contributed by atoms with Crippen LogP contribution in [-0.2, 0) is 6.42 Å². The lowest BCUT2D eigenvalue weighted by Crippen LogP contribution is -2.33. The van der Waals surface area contributed by atoms with Gasteiger partial charge in [0.15, 0.2) is 0 Å². The fourth-order valence-corrected chi connectivity index (χ4v) is 4.55. The predicted molar refractivity (Wildman–Crippen MR) is 144 cm³/mol. The van der Waals surface area contributed by atoms with E-state index in [-0.39, 0.29) is 11.9 Å². The lowest BCUT2D eigenvalue weighted by atomic mass is 10.1. The number of hydrogen-bond acceptors (Lipinski definition) is 3. The first-order valence-corrected chi connectivity index (χ1v) is 12.4. The second kappa shape index (κ2) is 11.6. The second-order valence-electron chi connectivity index (χ2n) is 9.12. The highest BCUT2D eigenvalue weighted by Crippen LogP contribution is 2.28. The van der Waals surface area contributed by atoms with Crippen molar-refractivity contribution in [3.8, 4) is 0 Å². The number of nitrogens with zero attached hydrogens (tertiary/aromatic N) is 1. The van der Waals surface area contributed by atoms with E-state index in [4.69, 9.17) is 0 Å². The van der Waals surface area contributed by atoms with E-state index in [1.807, 2.05) is 62.4 Å². The average molecular weight is 471 g/mol. The fourth-order valence-electron chi connectivity index (χ4n) is 4.55. The van der Waals surface area contributed by atoms with Crippen LogP contribution in [0.3, 0.4) is 0 Å². The standard InChI is InChI=1S/C29H34N4O2/c1-21-10-9-11-22(2)27(21)32-29(35)31-24-14-15-26(33-18-7-4-8-19-33)25(20-24)28(34)30-17-16-23-12-5-3-6-13-23/h3,5-6,9-15,20H,4,7-8,16-19H2,1-2H3,(H,30,34)(H2,31,32,35). The Morgan fingerprint density at radius 1 is 0.829 bits per heavy atom. The van der Waals surface area contributed by atoms with E-state index >= 15 is 0 Å². The maximum atomic E-state index is 13.3. The van der Waals surface area contributed by atoms with Gasteiger partial charge in [-0.3, -0.25) is 4.79 Å². The Morgan fingerprint density at radius 2 is 1.54 bits per heavy atom. The highest BCUT2D eigenvalue weighted by molar-refractivity contribution is 6.04. The van der Waals surface area contributed by atoms with Gasteiger partial charge in [-0.15, -0.1) is 0 Å². The van der Waals surface area contributed by atoms with Gasteiger partial charge in [0, 0.05) is 36.7 Å². The van der Waals surface area contributed by atoms with Crippen LogP contribution in [0.15, 0.2) is 66.7 Å². The number of piperidine rings is 1. The number of anilines is 3. The van der Waals surface area contributed by atoms with Gasteiger partial charge in [-0.2, -0.15) is 0 Å². The van der Waals surface area contributed by atoms with Crippen LogP contribution in [-0.4, -0.2) is 31.6 Å². The van der Waals surface area contributed by atoms with E-state index < -0.39 is 0 Å². The number of urea groups is 1. The van der Waals surface area contributed by atoms with E-state index in [0.29, 0.717) is 17.8 Å². The predicted octanol–water partition coefficient (Wildman–Crippen LogP) is 5.91.